The summed E-state index contributed by atoms with van der Waals surface area (Å²) in [5.41, 5.74) is 0.668. The highest BCUT2D eigenvalue weighted by atomic mass is 19.1. The van der Waals surface area contributed by atoms with Crippen LogP contribution in [0.5, 0.6) is 0 Å². The van der Waals surface area contributed by atoms with E-state index in [0.29, 0.717) is 54.6 Å². The molecular formula is C35H37FN4O7. The van der Waals surface area contributed by atoms with Crippen LogP contribution in [0.25, 0.3) is 22.3 Å². The number of ether oxygens (including phenoxy) is 2. The zero-order valence-electron chi connectivity index (χ0n) is 27.1. The van der Waals surface area contributed by atoms with Gasteiger partial charge in [0.1, 0.15) is 18.0 Å². The molecule has 2 bridgehead atoms. The smallest absolute Gasteiger partial charge is 0.408 e. The Morgan fingerprint density at radius 1 is 1.17 bits per heavy atom. The molecule has 0 radical (unpaired) electrons. The van der Waals surface area contributed by atoms with Gasteiger partial charge < -0.3 is 29.8 Å². The third-order valence-electron chi connectivity index (χ3n) is 11.0. The molecule has 1 aromatic carbocycles. The van der Waals surface area contributed by atoms with Gasteiger partial charge in [0.25, 0.3) is 5.56 Å². The first-order chi connectivity index (χ1) is 22.1. The molecule has 2 aliphatic heterocycles. The minimum absolute atomic E-state index is 0.0171. The van der Waals surface area contributed by atoms with E-state index in [4.69, 9.17) is 14.5 Å². The number of hydrogen-bond donors (Lipinski definition) is 3. The van der Waals surface area contributed by atoms with E-state index in [1.54, 1.807) is 45.3 Å². The van der Waals surface area contributed by atoms with Gasteiger partial charge in [-0.05, 0) is 89.0 Å². The average Bonchev–Trinajstić information content (AvgIpc) is 3.33. The molecule has 47 heavy (non-hydrogen) atoms. The first kappa shape index (κ1) is 30.0. The van der Waals surface area contributed by atoms with Gasteiger partial charge in [-0.3, -0.25) is 9.59 Å². The summed E-state index contributed by atoms with van der Waals surface area (Å²) in [6.07, 6.45) is 2.17. The van der Waals surface area contributed by atoms with Crippen molar-refractivity contribution in [2.45, 2.75) is 109 Å². The standard InChI is InChI=1S/C35H37FN4O7/c1-6-35(45)20-9-24-27-18(11-40(24)28(41)19(20)12-46-30(35)43)26-22(8-7-17-16(2)21(36)10-23(37-27)25(17)26)38-29(42)33-13-34(14-33,15-33)39-31(44)47-32(3,4)5/h9-10,22,45H,6-8,11-15H2,1-5H3,(H,38,42)(H,39,44)/t22-,33?,34?,35-/m0/s1. The van der Waals surface area contributed by atoms with Crippen LogP contribution in [0.1, 0.15) is 99.2 Å². The van der Waals surface area contributed by atoms with E-state index in [2.05, 4.69) is 10.6 Å². The predicted octanol–water partition coefficient (Wildman–Crippen LogP) is 4.08. The Morgan fingerprint density at radius 3 is 2.57 bits per heavy atom. The second kappa shape index (κ2) is 9.40. The number of amides is 2. The fourth-order valence-electron chi connectivity index (χ4n) is 8.69. The average molecular weight is 645 g/mol. The van der Waals surface area contributed by atoms with Gasteiger partial charge in [-0.1, -0.05) is 6.92 Å². The van der Waals surface area contributed by atoms with Crippen molar-refractivity contribution < 1.29 is 33.4 Å². The molecule has 0 spiro atoms. The summed E-state index contributed by atoms with van der Waals surface area (Å²) in [5.74, 6) is -1.28. The van der Waals surface area contributed by atoms with Crippen LogP contribution < -0.4 is 16.2 Å². The fourth-order valence-corrected chi connectivity index (χ4v) is 8.69. The molecule has 2 atom stereocenters. The van der Waals surface area contributed by atoms with Crippen LogP contribution in [0.15, 0.2) is 16.9 Å². The number of nitrogens with zero attached hydrogens (tertiary/aromatic N) is 2. The maximum Gasteiger partial charge on any atom is 0.408 e. The number of aliphatic hydroxyl groups is 1. The van der Waals surface area contributed by atoms with Crippen molar-refractivity contribution in [1.29, 1.82) is 0 Å². The van der Waals surface area contributed by atoms with Crippen LogP contribution in [-0.4, -0.2) is 43.8 Å². The van der Waals surface area contributed by atoms with E-state index in [-0.39, 0.29) is 48.0 Å². The highest BCUT2D eigenvalue weighted by molar-refractivity contribution is 5.95. The number of nitrogens with one attached hydrogen (secondary N) is 2. The van der Waals surface area contributed by atoms with Crippen molar-refractivity contribution in [3.63, 3.8) is 0 Å². The highest BCUT2D eigenvalue weighted by Gasteiger charge is 2.72. The van der Waals surface area contributed by atoms with Gasteiger partial charge in [0.15, 0.2) is 5.60 Å². The van der Waals surface area contributed by atoms with Gasteiger partial charge >= 0.3 is 12.1 Å². The van der Waals surface area contributed by atoms with E-state index in [0.717, 1.165) is 22.1 Å². The van der Waals surface area contributed by atoms with Crippen LogP contribution >= 0.6 is 0 Å². The van der Waals surface area contributed by atoms with Crippen molar-refractivity contribution in [2.24, 2.45) is 5.41 Å². The lowest BCUT2D eigenvalue weighted by Crippen LogP contribution is -2.78. The number of rotatable bonds is 4. The number of alkyl carbamates (subject to hydrolysis) is 1. The van der Waals surface area contributed by atoms with Gasteiger partial charge in [-0.15, -0.1) is 0 Å². The summed E-state index contributed by atoms with van der Waals surface area (Å²) in [5, 5.41) is 18.3. The van der Waals surface area contributed by atoms with Crippen LogP contribution in [0, 0.1) is 18.2 Å². The summed E-state index contributed by atoms with van der Waals surface area (Å²) in [4.78, 5) is 57.7. The largest absolute Gasteiger partial charge is 0.458 e. The number of fused-ring (bicyclic) bond motifs is 5. The van der Waals surface area contributed by atoms with Gasteiger partial charge in [-0.2, -0.15) is 0 Å². The number of pyridine rings is 2. The number of aromatic nitrogens is 2. The molecule has 12 heteroatoms. The van der Waals surface area contributed by atoms with Gasteiger partial charge in [-0.25, -0.2) is 19.0 Å². The first-order valence-electron chi connectivity index (χ1n) is 16.2. The van der Waals surface area contributed by atoms with E-state index in [1.807, 2.05) is 0 Å². The molecule has 4 heterocycles. The van der Waals surface area contributed by atoms with Crippen molar-refractivity contribution in [1.82, 2.24) is 20.2 Å². The Labute approximate surface area is 269 Å². The molecule has 3 N–H and O–H groups in total. The normalized spacial score (nSPS) is 27.9. The summed E-state index contributed by atoms with van der Waals surface area (Å²) in [6.45, 7) is 8.73. The summed E-state index contributed by atoms with van der Waals surface area (Å²) in [7, 11) is 0. The SMILES string of the molecule is CC[C@@]1(O)C(=O)OCc2c1cc1n(c2=O)Cc2c-1nc1cc(F)c(C)c3c1c2[C@@H](NC(=O)C12CC(NC(=O)OC(C)(C)C)(C1)C2)CC3. The van der Waals surface area contributed by atoms with E-state index < -0.39 is 40.3 Å². The number of carbonyl (C=O) groups excluding carboxylic acids is 3. The molecule has 3 fully saturated rings. The van der Waals surface area contributed by atoms with Crippen molar-refractivity contribution in [2.75, 3.05) is 0 Å². The van der Waals surface area contributed by atoms with Crippen molar-refractivity contribution in [3.05, 3.63) is 61.7 Å². The molecular weight excluding hydrogens is 607 g/mol. The molecule has 4 aliphatic carbocycles. The number of halogens is 1. The maximum atomic E-state index is 15.2. The quantitative estimate of drug-likeness (QED) is 0.282. The molecule has 3 aromatic rings. The number of hydrogen-bond acceptors (Lipinski definition) is 8. The fraction of sp³-hybridized carbons (Fsp3) is 0.514. The zero-order valence-corrected chi connectivity index (χ0v) is 27.1. The lowest BCUT2D eigenvalue weighted by Gasteiger charge is -2.69. The molecule has 6 aliphatic rings. The Hall–Kier alpha value is -4.32. The van der Waals surface area contributed by atoms with E-state index in [9.17, 15) is 24.3 Å². The number of aryl methyl sites for hydroxylation is 1. The summed E-state index contributed by atoms with van der Waals surface area (Å²) < 4.78 is 27.4. The Kier molecular flexibility index (Phi) is 6.01. The molecule has 2 amide bonds. The lowest BCUT2D eigenvalue weighted by molar-refractivity contribution is -0.180. The summed E-state index contributed by atoms with van der Waals surface area (Å²) >= 11 is 0. The molecule has 11 nitrogen and oxygen atoms in total. The maximum absolute atomic E-state index is 15.2. The third-order valence-corrected chi connectivity index (χ3v) is 11.0. The van der Waals surface area contributed by atoms with Gasteiger partial charge in [0.05, 0.1) is 40.5 Å². The number of carbonyl (C=O) groups is 3. The van der Waals surface area contributed by atoms with Crippen LogP contribution in [0.2, 0.25) is 0 Å². The monoisotopic (exact) mass is 644 g/mol. The van der Waals surface area contributed by atoms with Crippen molar-refractivity contribution in [3.8, 4) is 11.4 Å². The minimum Gasteiger partial charge on any atom is -0.458 e. The van der Waals surface area contributed by atoms with Gasteiger partial charge in [0, 0.05) is 28.1 Å². The Morgan fingerprint density at radius 2 is 1.89 bits per heavy atom. The van der Waals surface area contributed by atoms with E-state index in [1.165, 1.54) is 6.07 Å². The zero-order chi connectivity index (χ0) is 33.4. The molecule has 0 unspecified atom stereocenters. The summed E-state index contributed by atoms with van der Waals surface area (Å²) in [6, 6.07) is 2.62. The number of esters is 1. The van der Waals surface area contributed by atoms with Crippen molar-refractivity contribution >= 4 is 28.9 Å². The Balaban J connectivity index is 1.17. The Bertz CT molecular complexity index is 2030. The minimum atomic E-state index is -1.97. The molecule has 3 saturated carbocycles. The second-order valence-electron chi connectivity index (χ2n) is 15.1. The van der Waals surface area contributed by atoms with Crippen LogP contribution in [0.4, 0.5) is 9.18 Å². The van der Waals surface area contributed by atoms with Crippen LogP contribution in [0.3, 0.4) is 0 Å². The van der Waals surface area contributed by atoms with Gasteiger partial charge in [0.2, 0.25) is 5.91 Å². The lowest BCUT2D eigenvalue weighted by atomic mass is 9.39. The number of benzene rings is 1. The highest BCUT2D eigenvalue weighted by Crippen LogP contribution is 2.67. The molecule has 9 rings (SSSR count). The number of cyclic esters (lactones) is 1. The van der Waals surface area contributed by atoms with E-state index >= 15 is 4.39 Å². The second-order valence-corrected chi connectivity index (χ2v) is 15.1. The molecule has 2 aromatic heterocycles. The topological polar surface area (TPSA) is 149 Å². The predicted molar refractivity (Wildman–Crippen MR) is 167 cm³/mol. The first-order valence-corrected chi connectivity index (χ1v) is 16.2. The van der Waals surface area contributed by atoms with Crippen LogP contribution in [-0.2, 0) is 44.2 Å². The molecule has 0 saturated heterocycles. The third kappa shape index (κ3) is 4.09. The molecule has 246 valence electrons.